The van der Waals surface area contributed by atoms with E-state index in [0.29, 0.717) is 24.6 Å². The fourth-order valence-corrected chi connectivity index (χ4v) is 1.35. The van der Waals surface area contributed by atoms with Gasteiger partial charge in [0.15, 0.2) is 0 Å². The summed E-state index contributed by atoms with van der Waals surface area (Å²) in [6, 6.07) is 5.01. The van der Waals surface area contributed by atoms with Crippen molar-refractivity contribution >= 4 is 23.5 Å². The Morgan fingerprint density at radius 2 is 2.21 bits per heavy atom. The predicted octanol–water partition coefficient (Wildman–Crippen LogP) is 2.55. The monoisotopic (exact) mass is 264 g/mol. The number of rotatable bonds is 6. The molecule has 0 aliphatic carbocycles. The first-order valence-corrected chi connectivity index (χ1v) is 5.87. The van der Waals surface area contributed by atoms with E-state index in [9.17, 15) is 9.59 Å². The summed E-state index contributed by atoms with van der Waals surface area (Å²) in [7, 11) is 0. The van der Waals surface area contributed by atoms with E-state index in [4.69, 9.17) is 9.47 Å². The zero-order valence-electron chi connectivity index (χ0n) is 10.9. The van der Waals surface area contributed by atoms with Gasteiger partial charge < -0.3 is 9.47 Å². The first-order chi connectivity index (χ1) is 9.17. The quantitative estimate of drug-likeness (QED) is 0.486. The number of aryl methyl sites for hydroxylation is 1. The number of amides is 1. The molecule has 0 fully saturated rings. The molecule has 102 valence electrons. The second-order valence-electron chi connectivity index (χ2n) is 3.66. The molecule has 0 saturated heterocycles. The summed E-state index contributed by atoms with van der Waals surface area (Å²) in [5.74, 6) is 0. The van der Waals surface area contributed by atoms with E-state index in [0.717, 1.165) is 5.56 Å². The summed E-state index contributed by atoms with van der Waals surface area (Å²) < 4.78 is 9.93. The fourth-order valence-electron chi connectivity index (χ4n) is 1.35. The Bertz CT molecular complexity index is 482. The minimum atomic E-state index is -0.579. The predicted molar refractivity (Wildman–Crippen MR) is 70.4 cm³/mol. The number of benzene rings is 1. The maximum atomic E-state index is 11.4. The van der Waals surface area contributed by atoms with Crippen LogP contribution in [0.1, 0.15) is 12.5 Å². The molecule has 0 saturated carbocycles. The van der Waals surface area contributed by atoms with Crippen molar-refractivity contribution in [3.63, 3.8) is 0 Å². The van der Waals surface area contributed by atoms with Crippen LogP contribution in [0, 0.1) is 6.92 Å². The molecule has 0 unspecified atom stereocenters. The molecule has 0 aliphatic heterocycles. The molecule has 0 atom stereocenters. The number of hydrogen-bond donors (Lipinski definition) is 1. The van der Waals surface area contributed by atoms with Crippen LogP contribution in [-0.2, 0) is 14.3 Å². The second-order valence-corrected chi connectivity index (χ2v) is 3.66. The molecule has 6 nitrogen and oxygen atoms in total. The molecule has 19 heavy (non-hydrogen) atoms. The standard InChI is InChI=1S/C13H16N2O4/c1-3-18-6-7-19-13(17)15-11-5-4-10(2)12(8-11)14-9-16/h4-5,8H,3,6-7H2,1-2H3,(H,15,17). The molecule has 6 heteroatoms. The van der Waals surface area contributed by atoms with Gasteiger partial charge in [-0.2, -0.15) is 4.99 Å². The van der Waals surface area contributed by atoms with Gasteiger partial charge in [-0.05, 0) is 31.5 Å². The van der Waals surface area contributed by atoms with E-state index in [-0.39, 0.29) is 6.61 Å². The van der Waals surface area contributed by atoms with Crippen LogP contribution in [0.25, 0.3) is 0 Å². The van der Waals surface area contributed by atoms with Crippen molar-refractivity contribution in [3.8, 4) is 0 Å². The zero-order valence-corrected chi connectivity index (χ0v) is 10.9. The van der Waals surface area contributed by atoms with Crippen molar-refractivity contribution in [3.05, 3.63) is 23.8 Å². The van der Waals surface area contributed by atoms with Crippen molar-refractivity contribution < 1.29 is 19.1 Å². The molecule has 1 N–H and O–H groups in total. The third kappa shape index (κ3) is 5.33. The van der Waals surface area contributed by atoms with E-state index in [2.05, 4.69) is 10.3 Å². The molecular formula is C13H16N2O4. The Kier molecular flexibility index (Phi) is 6.29. The third-order valence-electron chi connectivity index (χ3n) is 2.29. The lowest BCUT2D eigenvalue weighted by atomic mass is 10.2. The molecule has 0 bridgehead atoms. The maximum Gasteiger partial charge on any atom is 0.411 e. The summed E-state index contributed by atoms with van der Waals surface area (Å²) in [6.45, 7) is 4.79. The number of ether oxygens (including phenoxy) is 2. The Hall–Kier alpha value is -2.17. The van der Waals surface area contributed by atoms with E-state index < -0.39 is 6.09 Å². The van der Waals surface area contributed by atoms with Crippen LogP contribution in [0.3, 0.4) is 0 Å². The van der Waals surface area contributed by atoms with Gasteiger partial charge in [0, 0.05) is 12.3 Å². The maximum absolute atomic E-state index is 11.4. The van der Waals surface area contributed by atoms with Gasteiger partial charge in [-0.25, -0.2) is 9.59 Å². The van der Waals surface area contributed by atoms with Gasteiger partial charge in [-0.1, -0.05) is 6.07 Å². The van der Waals surface area contributed by atoms with Gasteiger partial charge in [-0.15, -0.1) is 0 Å². The lowest BCUT2D eigenvalue weighted by molar-refractivity contribution is 0.0850. The van der Waals surface area contributed by atoms with Crippen LogP contribution in [-0.4, -0.2) is 32.0 Å². The average Bonchev–Trinajstić information content (AvgIpc) is 2.39. The van der Waals surface area contributed by atoms with Gasteiger partial charge in [0.2, 0.25) is 6.08 Å². The average molecular weight is 264 g/mol. The van der Waals surface area contributed by atoms with Gasteiger partial charge in [-0.3, -0.25) is 5.32 Å². The van der Waals surface area contributed by atoms with Crippen LogP contribution in [0.2, 0.25) is 0 Å². The third-order valence-corrected chi connectivity index (χ3v) is 2.29. The summed E-state index contributed by atoms with van der Waals surface area (Å²) in [6.07, 6.45) is 0.889. The summed E-state index contributed by atoms with van der Waals surface area (Å²) >= 11 is 0. The zero-order chi connectivity index (χ0) is 14.1. The topological polar surface area (TPSA) is 77.0 Å². The first kappa shape index (κ1) is 14.9. The summed E-state index contributed by atoms with van der Waals surface area (Å²) in [5.41, 5.74) is 1.78. The molecule has 1 aromatic carbocycles. The number of carbonyl (C=O) groups is 1. The van der Waals surface area contributed by atoms with Crippen LogP contribution >= 0.6 is 0 Å². The number of aliphatic imine (C=N–C) groups is 1. The number of anilines is 1. The smallest absolute Gasteiger partial charge is 0.411 e. The fraction of sp³-hybridized carbons (Fsp3) is 0.385. The number of isocyanates is 1. The molecule has 0 aromatic heterocycles. The molecule has 0 spiro atoms. The van der Waals surface area contributed by atoms with Gasteiger partial charge in [0.1, 0.15) is 6.61 Å². The molecule has 0 heterocycles. The number of nitrogens with one attached hydrogen (secondary N) is 1. The minimum Gasteiger partial charge on any atom is -0.447 e. The highest BCUT2D eigenvalue weighted by Gasteiger charge is 2.05. The van der Waals surface area contributed by atoms with Crippen LogP contribution in [0.15, 0.2) is 23.2 Å². The minimum absolute atomic E-state index is 0.185. The van der Waals surface area contributed by atoms with E-state index in [1.807, 2.05) is 6.92 Å². The van der Waals surface area contributed by atoms with Crippen LogP contribution in [0.4, 0.5) is 16.2 Å². The largest absolute Gasteiger partial charge is 0.447 e. The molecule has 1 amide bonds. The Morgan fingerprint density at radius 1 is 1.42 bits per heavy atom. The highest BCUT2D eigenvalue weighted by atomic mass is 16.6. The Balaban J connectivity index is 2.54. The van der Waals surface area contributed by atoms with Gasteiger partial charge in [0.05, 0.1) is 12.3 Å². The number of carbonyl (C=O) groups excluding carboxylic acids is 2. The number of hydrogen-bond acceptors (Lipinski definition) is 5. The second kappa shape index (κ2) is 8.02. The van der Waals surface area contributed by atoms with Crippen LogP contribution in [0.5, 0.6) is 0 Å². The van der Waals surface area contributed by atoms with E-state index in [1.165, 1.54) is 6.08 Å². The number of nitrogens with zero attached hydrogens (tertiary/aromatic N) is 1. The molecular weight excluding hydrogens is 248 g/mol. The SMILES string of the molecule is CCOCCOC(=O)Nc1ccc(C)c(N=C=O)c1. The first-order valence-electron chi connectivity index (χ1n) is 5.87. The molecule has 1 aromatic rings. The van der Waals surface area contributed by atoms with E-state index >= 15 is 0 Å². The van der Waals surface area contributed by atoms with Gasteiger partial charge >= 0.3 is 6.09 Å². The highest BCUT2D eigenvalue weighted by molar-refractivity contribution is 5.85. The van der Waals surface area contributed by atoms with Crippen molar-refractivity contribution in [1.29, 1.82) is 0 Å². The normalized spacial score (nSPS) is 9.58. The Morgan fingerprint density at radius 3 is 2.89 bits per heavy atom. The highest BCUT2D eigenvalue weighted by Crippen LogP contribution is 2.22. The lowest BCUT2D eigenvalue weighted by Crippen LogP contribution is -2.16. The van der Waals surface area contributed by atoms with Crippen molar-refractivity contribution in [2.75, 3.05) is 25.1 Å². The van der Waals surface area contributed by atoms with Crippen molar-refractivity contribution in [2.24, 2.45) is 4.99 Å². The van der Waals surface area contributed by atoms with Crippen molar-refractivity contribution in [2.45, 2.75) is 13.8 Å². The summed E-state index contributed by atoms with van der Waals surface area (Å²) in [4.78, 5) is 25.2. The molecule has 0 radical (unpaired) electrons. The van der Waals surface area contributed by atoms with E-state index in [1.54, 1.807) is 25.1 Å². The molecule has 1 rings (SSSR count). The molecule has 0 aliphatic rings. The lowest BCUT2D eigenvalue weighted by Gasteiger charge is -2.08. The van der Waals surface area contributed by atoms with Crippen molar-refractivity contribution in [1.82, 2.24) is 0 Å². The summed E-state index contributed by atoms with van der Waals surface area (Å²) in [5, 5.41) is 2.54. The van der Waals surface area contributed by atoms with Gasteiger partial charge in [0.25, 0.3) is 0 Å². The van der Waals surface area contributed by atoms with Crippen LogP contribution < -0.4 is 5.32 Å². The Labute approximate surface area is 111 Å².